The van der Waals surface area contributed by atoms with Gasteiger partial charge in [0.25, 0.3) is 0 Å². The number of piperidine rings is 1. The molecule has 1 aromatic carbocycles. The van der Waals surface area contributed by atoms with Gasteiger partial charge in [0.15, 0.2) is 0 Å². The van der Waals surface area contributed by atoms with E-state index in [-0.39, 0.29) is 12.1 Å². The Morgan fingerprint density at radius 1 is 1.17 bits per heavy atom. The molecule has 2 aliphatic heterocycles. The maximum atomic E-state index is 12.3. The molecule has 2 heterocycles. The van der Waals surface area contributed by atoms with Gasteiger partial charge in [0.2, 0.25) is 0 Å². The molecule has 0 spiro atoms. The molecule has 6 nitrogen and oxygen atoms in total. The van der Waals surface area contributed by atoms with Crippen LogP contribution in [0.2, 0.25) is 0 Å². The Kier molecular flexibility index (Phi) is 4.61. The van der Waals surface area contributed by atoms with Crippen molar-refractivity contribution in [2.75, 3.05) is 26.6 Å². The summed E-state index contributed by atoms with van der Waals surface area (Å²) in [6.45, 7) is 0. The topological polar surface area (TPSA) is 62.8 Å². The van der Waals surface area contributed by atoms with Gasteiger partial charge in [-0.3, -0.25) is 0 Å². The highest BCUT2D eigenvalue weighted by Crippen LogP contribution is 2.34. The SMILES string of the molecule is COc1ccc(NC(=O)NC2C[C@H]3CC[C@@H](C2)N3C)c(OC)c1. The van der Waals surface area contributed by atoms with Gasteiger partial charge in [0, 0.05) is 24.2 Å². The smallest absolute Gasteiger partial charge is 0.319 e. The summed E-state index contributed by atoms with van der Waals surface area (Å²) in [4.78, 5) is 14.8. The first-order chi connectivity index (χ1) is 11.1. The summed E-state index contributed by atoms with van der Waals surface area (Å²) in [5, 5.41) is 5.98. The zero-order valence-corrected chi connectivity index (χ0v) is 14.0. The van der Waals surface area contributed by atoms with Crippen molar-refractivity contribution in [3.8, 4) is 11.5 Å². The summed E-state index contributed by atoms with van der Waals surface area (Å²) in [6.07, 6.45) is 4.54. The van der Waals surface area contributed by atoms with Crippen LogP contribution in [-0.2, 0) is 0 Å². The Balaban J connectivity index is 1.60. The number of nitrogens with one attached hydrogen (secondary N) is 2. The molecule has 2 bridgehead atoms. The predicted octanol–water partition coefficient (Wildman–Crippen LogP) is 2.45. The van der Waals surface area contributed by atoms with Crippen molar-refractivity contribution >= 4 is 11.7 Å². The molecule has 0 saturated carbocycles. The van der Waals surface area contributed by atoms with Gasteiger partial charge in [-0.25, -0.2) is 4.79 Å². The molecule has 0 radical (unpaired) electrons. The molecule has 0 aromatic heterocycles. The number of ether oxygens (including phenoxy) is 2. The van der Waals surface area contributed by atoms with Crippen LogP contribution in [0.5, 0.6) is 11.5 Å². The molecule has 6 heteroatoms. The summed E-state index contributed by atoms with van der Waals surface area (Å²) in [5.74, 6) is 1.28. The van der Waals surface area contributed by atoms with Crippen LogP contribution in [0.25, 0.3) is 0 Å². The number of benzene rings is 1. The van der Waals surface area contributed by atoms with Crippen LogP contribution in [0.4, 0.5) is 10.5 Å². The van der Waals surface area contributed by atoms with Gasteiger partial charge in [0.1, 0.15) is 11.5 Å². The largest absolute Gasteiger partial charge is 0.497 e. The highest BCUT2D eigenvalue weighted by Gasteiger charge is 2.38. The van der Waals surface area contributed by atoms with Crippen molar-refractivity contribution in [2.45, 2.75) is 43.8 Å². The Labute approximate surface area is 137 Å². The fourth-order valence-corrected chi connectivity index (χ4v) is 3.77. The van der Waals surface area contributed by atoms with Crippen LogP contribution in [0, 0.1) is 0 Å². The number of nitrogens with zero attached hydrogens (tertiary/aromatic N) is 1. The third-order valence-corrected chi connectivity index (χ3v) is 5.09. The first kappa shape index (κ1) is 15.9. The van der Waals surface area contributed by atoms with Crippen molar-refractivity contribution in [3.63, 3.8) is 0 Å². The number of amides is 2. The molecule has 2 aliphatic rings. The molecule has 2 saturated heterocycles. The third-order valence-electron chi connectivity index (χ3n) is 5.09. The lowest BCUT2D eigenvalue weighted by atomic mass is 9.98. The molecule has 0 aliphatic carbocycles. The van der Waals surface area contributed by atoms with E-state index in [0.29, 0.717) is 29.3 Å². The average molecular weight is 319 g/mol. The molecule has 2 amide bonds. The number of methoxy groups -OCH3 is 2. The van der Waals surface area contributed by atoms with Crippen LogP contribution >= 0.6 is 0 Å². The van der Waals surface area contributed by atoms with Crippen LogP contribution < -0.4 is 20.1 Å². The van der Waals surface area contributed by atoms with Gasteiger partial charge in [-0.2, -0.15) is 0 Å². The second-order valence-electron chi connectivity index (χ2n) is 6.38. The normalized spacial score (nSPS) is 26.7. The van der Waals surface area contributed by atoms with E-state index in [0.717, 1.165) is 12.8 Å². The maximum Gasteiger partial charge on any atom is 0.319 e. The molecular formula is C17H25N3O3. The maximum absolute atomic E-state index is 12.3. The fraction of sp³-hybridized carbons (Fsp3) is 0.588. The molecule has 1 aromatic rings. The van der Waals surface area contributed by atoms with Crippen molar-refractivity contribution in [1.82, 2.24) is 10.2 Å². The number of anilines is 1. The highest BCUT2D eigenvalue weighted by molar-refractivity contribution is 5.91. The minimum absolute atomic E-state index is 0.178. The van der Waals surface area contributed by atoms with E-state index in [1.54, 1.807) is 32.4 Å². The highest BCUT2D eigenvalue weighted by atomic mass is 16.5. The van der Waals surface area contributed by atoms with Crippen LogP contribution in [0.1, 0.15) is 25.7 Å². The average Bonchev–Trinajstić information content (AvgIpc) is 2.76. The van der Waals surface area contributed by atoms with Gasteiger partial charge < -0.3 is 25.0 Å². The first-order valence-corrected chi connectivity index (χ1v) is 8.12. The monoisotopic (exact) mass is 319 g/mol. The summed E-state index contributed by atoms with van der Waals surface area (Å²) < 4.78 is 10.5. The van der Waals surface area contributed by atoms with Gasteiger partial charge in [-0.05, 0) is 44.9 Å². The number of hydrogen-bond donors (Lipinski definition) is 2. The van der Waals surface area contributed by atoms with Crippen LogP contribution in [-0.4, -0.2) is 50.3 Å². The Morgan fingerprint density at radius 2 is 1.87 bits per heavy atom. The van der Waals surface area contributed by atoms with Gasteiger partial charge in [-0.15, -0.1) is 0 Å². The lowest BCUT2D eigenvalue weighted by molar-refractivity contribution is 0.151. The quantitative estimate of drug-likeness (QED) is 0.895. The van der Waals surface area contributed by atoms with Crippen molar-refractivity contribution in [3.05, 3.63) is 18.2 Å². The number of urea groups is 1. The standard InChI is InChI=1S/C17H25N3O3/c1-20-12-4-5-13(20)9-11(8-12)18-17(21)19-15-7-6-14(22-2)10-16(15)23-3/h6-7,10-13H,4-5,8-9H2,1-3H3,(H2,18,19,21)/t11?,12-,13+. The minimum Gasteiger partial charge on any atom is -0.497 e. The number of fused-ring (bicyclic) bond motifs is 2. The second kappa shape index (κ2) is 6.66. The van der Waals surface area contributed by atoms with Crippen molar-refractivity contribution in [2.24, 2.45) is 0 Å². The summed E-state index contributed by atoms with van der Waals surface area (Å²) >= 11 is 0. The number of carbonyl (C=O) groups excluding carboxylic acids is 1. The lowest BCUT2D eigenvalue weighted by Crippen LogP contribution is -2.49. The van der Waals surface area contributed by atoms with E-state index in [2.05, 4.69) is 22.6 Å². The van der Waals surface area contributed by atoms with E-state index in [1.807, 2.05) is 0 Å². The lowest BCUT2D eigenvalue weighted by Gasteiger charge is -2.36. The zero-order valence-electron chi connectivity index (χ0n) is 14.0. The van der Waals surface area contributed by atoms with E-state index in [1.165, 1.54) is 12.8 Å². The zero-order chi connectivity index (χ0) is 16.4. The van der Waals surface area contributed by atoms with E-state index in [9.17, 15) is 4.79 Å². The summed E-state index contributed by atoms with van der Waals surface area (Å²) in [5.41, 5.74) is 0.640. The Bertz CT molecular complexity index is 564. The van der Waals surface area contributed by atoms with Crippen molar-refractivity contribution in [1.29, 1.82) is 0 Å². The molecule has 1 unspecified atom stereocenters. The summed E-state index contributed by atoms with van der Waals surface area (Å²) in [7, 11) is 5.37. The third kappa shape index (κ3) is 3.37. The van der Waals surface area contributed by atoms with Crippen molar-refractivity contribution < 1.29 is 14.3 Å². The molecule has 3 rings (SSSR count). The molecule has 3 atom stereocenters. The van der Waals surface area contributed by atoms with E-state index < -0.39 is 0 Å². The first-order valence-electron chi connectivity index (χ1n) is 8.12. The minimum atomic E-state index is -0.178. The Morgan fingerprint density at radius 3 is 2.48 bits per heavy atom. The number of carbonyl (C=O) groups is 1. The molecular weight excluding hydrogens is 294 g/mol. The van der Waals surface area contributed by atoms with Gasteiger partial charge >= 0.3 is 6.03 Å². The molecule has 23 heavy (non-hydrogen) atoms. The number of rotatable bonds is 4. The fourth-order valence-electron chi connectivity index (χ4n) is 3.77. The van der Waals surface area contributed by atoms with Crippen LogP contribution in [0.3, 0.4) is 0 Å². The molecule has 2 N–H and O–H groups in total. The van der Waals surface area contributed by atoms with Crippen LogP contribution in [0.15, 0.2) is 18.2 Å². The van der Waals surface area contributed by atoms with Gasteiger partial charge in [-0.1, -0.05) is 0 Å². The summed E-state index contributed by atoms with van der Waals surface area (Å²) in [6, 6.07) is 6.62. The number of hydrogen-bond acceptors (Lipinski definition) is 4. The van der Waals surface area contributed by atoms with E-state index in [4.69, 9.17) is 9.47 Å². The molecule has 126 valence electrons. The van der Waals surface area contributed by atoms with E-state index >= 15 is 0 Å². The predicted molar refractivity (Wildman–Crippen MR) is 89.3 cm³/mol. The Hall–Kier alpha value is -1.95. The molecule has 2 fully saturated rings. The van der Waals surface area contributed by atoms with Gasteiger partial charge in [0.05, 0.1) is 19.9 Å². The second-order valence-corrected chi connectivity index (χ2v) is 6.38.